The van der Waals surface area contributed by atoms with E-state index >= 15 is 0 Å². The van der Waals surface area contributed by atoms with E-state index in [0.717, 1.165) is 5.56 Å². The number of Topliss-reactive ketones (excluding diaryl/α,β-unsaturated/α-hetero) is 1. The number of nitrogens with one attached hydrogen (secondary N) is 2. The number of aliphatic hydroxyl groups is 1. The minimum atomic E-state index is -1.43. The number of carbonyl (C=O) groups is 3. The number of rotatable bonds is 8. The van der Waals surface area contributed by atoms with Crippen LogP contribution in [0.25, 0.3) is 0 Å². The molecule has 0 bridgehead atoms. The Morgan fingerprint density at radius 2 is 1.72 bits per heavy atom. The second kappa shape index (κ2) is 8.85. The zero-order valence-electron chi connectivity index (χ0n) is 15.8. The van der Waals surface area contributed by atoms with E-state index in [-0.39, 0.29) is 11.8 Å². The standard InChI is InChI=1S/C21H22N2O6/c1-12(22-11-17(25)14-4-6-15(24)7-5-14)10-13-2-8-16(9-3-13)29-19-18(26)20(27)23-21(19)28/h2-9,12,17,19,22,24-25H,10-11H2,1H3,(H,23,27,28). The van der Waals surface area contributed by atoms with Crippen LogP contribution in [0.4, 0.5) is 0 Å². The largest absolute Gasteiger partial charge is 0.508 e. The van der Waals surface area contributed by atoms with Gasteiger partial charge in [0.15, 0.2) is 0 Å². The number of aromatic hydroxyl groups is 1. The van der Waals surface area contributed by atoms with Crippen LogP contribution >= 0.6 is 0 Å². The van der Waals surface area contributed by atoms with Crippen LogP contribution in [-0.4, -0.2) is 46.5 Å². The van der Waals surface area contributed by atoms with Crippen molar-refractivity contribution in [1.29, 1.82) is 0 Å². The zero-order valence-corrected chi connectivity index (χ0v) is 15.8. The molecule has 1 aliphatic heterocycles. The number of ketones is 1. The van der Waals surface area contributed by atoms with Crippen molar-refractivity contribution in [3.8, 4) is 11.5 Å². The fraction of sp³-hybridized carbons (Fsp3) is 0.286. The van der Waals surface area contributed by atoms with E-state index in [0.29, 0.717) is 24.3 Å². The first kappa shape index (κ1) is 20.5. The Balaban J connectivity index is 1.49. The molecule has 2 aromatic rings. The third-order valence-electron chi connectivity index (χ3n) is 4.59. The molecule has 4 N–H and O–H groups in total. The summed E-state index contributed by atoms with van der Waals surface area (Å²) in [6, 6.07) is 13.4. The van der Waals surface area contributed by atoms with Crippen LogP contribution in [0.2, 0.25) is 0 Å². The number of imide groups is 1. The van der Waals surface area contributed by atoms with Gasteiger partial charge in [-0.1, -0.05) is 24.3 Å². The van der Waals surface area contributed by atoms with Crippen LogP contribution < -0.4 is 15.4 Å². The molecule has 8 heteroatoms. The van der Waals surface area contributed by atoms with Crippen molar-refractivity contribution in [1.82, 2.24) is 10.6 Å². The minimum Gasteiger partial charge on any atom is -0.508 e. The lowest BCUT2D eigenvalue weighted by molar-refractivity contribution is -0.138. The summed E-state index contributed by atoms with van der Waals surface area (Å²) in [5.74, 6) is -2.14. The minimum absolute atomic E-state index is 0.0772. The number of carbonyl (C=O) groups excluding carboxylic acids is 3. The molecule has 0 spiro atoms. The van der Waals surface area contributed by atoms with Gasteiger partial charge in [0.2, 0.25) is 6.10 Å². The lowest BCUT2D eigenvalue weighted by atomic mass is 10.1. The SMILES string of the molecule is CC(Cc1ccc(OC2C(=O)NC(=O)C2=O)cc1)NCC(O)c1ccc(O)cc1. The first-order valence-electron chi connectivity index (χ1n) is 9.18. The fourth-order valence-corrected chi connectivity index (χ4v) is 2.98. The Kier molecular flexibility index (Phi) is 6.26. The van der Waals surface area contributed by atoms with E-state index in [1.165, 1.54) is 12.1 Å². The van der Waals surface area contributed by atoms with Crippen molar-refractivity contribution in [2.75, 3.05) is 6.54 Å². The zero-order chi connectivity index (χ0) is 21.0. The van der Waals surface area contributed by atoms with E-state index in [9.17, 15) is 24.6 Å². The highest BCUT2D eigenvalue weighted by Gasteiger charge is 2.42. The smallest absolute Gasteiger partial charge is 0.298 e. The lowest BCUT2D eigenvalue weighted by Crippen LogP contribution is -2.32. The topological polar surface area (TPSA) is 125 Å². The van der Waals surface area contributed by atoms with Gasteiger partial charge in [-0.15, -0.1) is 0 Å². The van der Waals surface area contributed by atoms with Crippen LogP contribution in [0.5, 0.6) is 11.5 Å². The van der Waals surface area contributed by atoms with Crippen LogP contribution in [-0.2, 0) is 20.8 Å². The number of phenols is 1. The second-order valence-electron chi connectivity index (χ2n) is 6.95. The van der Waals surface area contributed by atoms with E-state index in [1.54, 1.807) is 24.3 Å². The van der Waals surface area contributed by atoms with E-state index in [1.807, 2.05) is 24.4 Å². The number of amides is 2. The van der Waals surface area contributed by atoms with Crippen molar-refractivity contribution in [2.45, 2.75) is 31.6 Å². The fourth-order valence-electron chi connectivity index (χ4n) is 2.98. The number of ether oxygens (including phenoxy) is 1. The molecule has 29 heavy (non-hydrogen) atoms. The summed E-state index contributed by atoms with van der Waals surface area (Å²) in [5, 5.41) is 24.7. The van der Waals surface area contributed by atoms with Gasteiger partial charge in [0.1, 0.15) is 11.5 Å². The molecule has 2 amide bonds. The lowest BCUT2D eigenvalue weighted by Gasteiger charge is -2.18. The van der Waals surface area contributed by atoms with Gasteiger partial charge >= 0.3 is 0 Å². The highest BCUT2D eigenvalue weighted by Crippen LogP contribution is 2.18. The predicted molar refractivity (Wildman–Crippen MR) is 103 cm³/mol. The normalized spacial score (nSPS) is 18.4. The summed E-state index contributed by atoms with van der Waals surface area (Å²) >= 11 is 0. The van der Waals surface area contributed by atoms with E-state index in [4.69, 9.17) is 4.74 Å². The van der Waals surface area contributed by atoms with Gasteiger partial charge in [-0.2, -0.15) is 0 Å². The van der Waals surface area contributed by atoms with Gasteiger partial charge in [0.25, 0.3) is 17.6 Å². The van der Waals surface area contributed by atoms with Crippen molar-refractivity contribution < 1.29 is 29.3 Å². The van der Waals surface area contributed by atoms with Crippen LogP contribution in [0.1, 0.15) is 24.2 Å². The molecule has 0 saturated carbocycles. The highest BCUT2D eigenvalue weighted by molar-refractivity contribution is 6.49. The molecule has 3 rings (SSSR count). The average molecular weight is 398 g/mol. The van der Waals surface area contributed by atoms with E-state index in [2.05, 4.69) is 5.32 Å². The molecule has 0 aliphatic carbocycles. The van der Waals surface area contributed by atoms with Crippen LogP contribution in [0, 0.1) is 0 Å². The van der Waals surface area contributed by atoms with Gasteiger partial charge in [0, 0.05) is 12.6 Å². The summed E-state index contributed by atoms with van der Waals surface area (Å²) in [5.41, 5.74) is 1.71. The maximum atomic E-state index is 11.6. The molecular formula is C21H22N2O6. The Morgan fingerprint density at radius 1 is 1.07 bits per heavy atom. The van der Waals surface area contributed by atoms with Gasteiger partial charge in [0.05, 0.1) is 6.10 Å². The van der Waals surface area contributed by atoms with Crippen LogP contribution in [0.15, 0.2) is 48.5 Å². The average Bonchev–Trinajstić information content (AvgIpc) is 2.94. The number of benzene rings is 2. The van der Waals surface area contributed by atoms with Crippen molar-refractivity contribution in [3.05, 3.63) is 59.7 Å². The van der Waals surface area contributed by atoms with Gasteiger partial charge in [-0.05, 0) is 48.7 Å². The first-order valence-corrected chi connectivity index (χ1v) is 9.18. The third kappa shape index (κ3) is 5.18. The molecule has 0 aromatic heterocycles. The molecule has 0 radical (unpaired) electrons. The molecular weight excluding hydrogens is 376 g/mol. The summed E-state index contributed by atoms with van der Waals surface area (Å²) in [4.78, 5) is 34.3. The number of hydrogen-bond acceptors (Lipinski definition) is 7. The summed E-state index contributed by atoms with van der Waals surface area (Å²) in [6.45, 7) is 2.35. The molecule has 1 fully saturated rings. The Morgan fingerprint density at radius 3 is 2.31 bits per heavy atom. The Bertz CT molecular complexity index is 894. The molecule has 1 aliphatic rings. The molecule has 1 heterocycles. The molecule has 8 nitrogen and oxygen atoms in total. The Hall–Kier alpha value is -3.23. The number of aliphatic hydroxyl groups excluding tert-OH is 1. The number of phenolic OH excluding ortho intramolecular Hbond substituents is 1. The maximum absolute atomic E-state index is 11.6. The van der Waals surface area contributed by atoms with Crippen molar-refractivity contribution in [2.24, 2.45) is 0 Å². The third-order valence-corrected chi connectivity index (χ3v) is 4.59. The quantitative estimate of drug-likeness (QED) is 0.292. The predicted octanol–water partition coefficient (Wildman–Crippen LogP) is 0.619. The summed E-state index contributed by atoms with van der Waals surface area (Å²) in [7, 11) is 0. The first-order chi connectivity index (χ1) is 13.8. The number of hydrogen-bond donors (Lipinski definition) is 4. The van der Waals surface area contributed by atoms with Gasteiger partial charge in [-0.3, -0.25) is 19.7 Å². The maximum Gasteiger partial charge on any atom is 0.298 e. The van der Waals surface area contributed by atoms with Crippen molar-refractivity contribution >= 4 is 17.6 Å². The molecule has 2 aromatic carbocycles. The highest BCUT2D eigenvalue weighted by atomic mass is 16.5. The second-order valence-corrected chi connectivity index (χ2v) is 6.95. The monoisotopic (exact) mass is 398 g/mol. The molecule has 3 unspecified atom stereocenters. The van der Waals surface area contributed by atoms with Crippen molar-refractivity contribution in [3.63, 3.8) is 0 Å². The van der Waals surface area contributed by atoms with E-state index < -0.39 is 29.8 Å². The summed E-state index contributed by atoms with van der Waals surface area (Å²) < 4.78 is 5.32. The molecule has 152 valence electrons. The molecule has 1 saturated heterocycles. The Labute approximate surface area is 167 Å². The van der Waals surface area contributed by atoms with Crippen LogP contribution in [0.3, 0.4) is 0 Å². The van der Waals surface area contributed by atoms with Gasteiger partial charge < -0.3 is 20.3 Å². The summed E-state index contributed by atoms with van der Waals surface area (Å²) in [6.07, 6.45) is -1.44. The molecule has 3 atom stereocenters. The van der Waals surface area contributed by atoms with Gasteiger partial charge in [-0.25, -0.2) is 0 Å².